The van der Waals surface area contributed by atoms with Crippen molar-refractivity contribution in [2.45, 2.75) is 32.6 Å². The molecule has 6 nitrogen and oxygen atoms in total. The van der Waals surface area contributed by atoms with E-state index in [1.807, 2.05) is 25.1 Å². The molecule has 1 amide bonds. The molecule has 0 heterocycles. The Morgan fingerprint density at radius 1 is 1.31 bits per heavy atom. The van der Waals surface area contributed by atoms with E-state index in [9.17, 15) is 4.79 Å². The van der Waals surface area contributed by atoms with Crippen LogP contribution in [0.4, 0.5) is 5.69 Å². The van der Waals surface area contributed by atoms with Gasteiger partial charge >= 0.3 is 0 Å². The molecule has 0 atom stereocenters. The van der Waals surface area contributed by atoms with Crippen molar-refractivity contribution in [1.82, 2.24) is 10.6 Å². The number of halogens is 1. The van der Waals surface area contributed by atoms with Gasteiger partial charge in [-0.2, -0.15) is 0 Å². The van der Waals surface area contributed by atoms with Crippen LogP contribution < -0.4 is 16.0 Å². The predicted octanol–water partition coefficient (Wildman–Crippen LogP) is 2.96. The van der Waals surface area contributed by atoms with Gasteiger partial charge in [0, 0.05) is 39.8 Å². The fourth-order valence-electron chi connectivity index (χ4n) is 2.36. The number of rotatable bonds is 10. The van der Waals surface area contributed by atoms with Crippen LogP contribution in [0.15, 0.2) is 23.2 Å². The molecule has 3 N–H and O–H groups in total. The number of amides is 1. The minimum absolute atomic E-state index is 0.0906. The van der Waals surface area contributed by atoms with Gasteiger partial charge in [-0.25, -0.2) is 0 Å². The summed E-state index contributed by atoms with van der Waals surface area (Å²) >= 11 is 6.12. The van der Waals surface area contributed by atoms with Crippen LogP contribution in [0.25, 0.3) is 0 Å². The summed E-state index contributed by atoms with van der Waals surface area (Å²) in [5, 5.41) is 9.72. The molecule has 2 rings (SSSR count). The van der Waals surface area contributed by atoms with Crippen LogP contribution in [0.5, 0.6) is 0 Å². The lowest BCUT2D eigenvalue weighted by Gasteiger charge is -2.12. The van der Waals surface area contributed by atoms with Crippen molar-refractivity contribution in [3.05, 3.63) is 28.8 Å². The zero-order valence-electron chi connectivity index (χ0n) is 15.6. The second-order valence-electron chi connectivity index (χ2n) is 6.58. The van der Waals surface area contributed by atoms with E-state index < -0.39 is 0 Å². The Morgan fingerprint density at radius 3 is 2.77 bits per heavy atom. The number of anilines is 1. The standard InChI is InChI=1S/C19H29ClN4O2/c1-14-4-7-17(16(20)12-14)24-18(25)8-10-23-19(21-2)22-9-3-11-26-13-15-5-6-15/h4,7,12,15H,3,5-6,8-11,13H2,1-2H3,(H,24,25)(H2,21,22,23). The SMILES string of the molecule is CN=C(NCCCOCC1CC1)NCCC(=O)Nc1ccc(C)cc1Cl. The van der Waals surface area contributed by atoms with Crippen molar-refractivity contribution >= 4 is 29.2 Å². The molecular formula is C19H29ClN4O2. The van der Waals surface area contributed by atoms with E-state index in [-0.39, 0.29) is 5.91 Å². The third-order valence-corrected chi connectivity index (χ3v) is 4.39. The topological polar surface area (TPSA) is 74.8 Å². The highest BCUT2D eigenvalue weighted by Gasteiger charge is 2.20. The normalized spacial score (nSPS) is 14.2. The van der Waals surface area contributed by atoms with E-state index in [1.165, 1.54) is 12.8 Å². The summed E-state index contributed by atoms with van der Waals surface area (Å²) in [5.74, 6) is 1.40. The van der Waals surface area contributed by atoms with E-state index in [2.05, 4.69) is 20.9 Å². The van der Waals surface area contributed by atoms with Crippen molar-refractivity contribution in [2.24, 2.45) is 10.9 Å². The van der Waals surface area contributed by atoms with Gasteiger partial charge in [0.15, 0.2) is 5.96 Å². The van der Waals surface area contributed by atoms with Gasteiger partial charge in [-0.1, -0.05) is 17.7 Å². The van der Waals surface area contributed by atoms with Gasteiger partial charge in [0.25, 0.3) is 0 Å². The maximum absolute atomic E-state index is 12.0. The first kappa shape index (κ1) is 20.5. The van der Waals surface area contributed by atoms with Crippen LogP contribution in [0, 0.1) is 12.8 Å². The molecule has 26 heavy (non-hydrogen) atoms. The van der Waals surface area contributed by atoms with E-state index in [0.29, 0.717) is 29.6 Å². The molecule has 1 fully saturated rings. The van der Waals surface area contributed by atoms with Crippen LogP contribution in [-0.4, -0.2) is 45.2 Å². The van der Waals surface area contributed by atoms with Gasteiger partial charge < -0.3 is 20.7 Å². The molecule has 1 aromatic rings. The van der Waals surface area contributed by atoms with E-state index >= 15 is 0 Å². The molecular weight excluding hydrogens is 352 g/mol. The molecule has 0 bridgehead atoms. The number of ether oxygens (including phenoxy) is 1. The minimum atomic E-state index is -0.0906. The maximum Gasteiger partial charge on any atom is 0.226 e. The summed E-state index contributed by atoms with van der Waals surface area (Å²) < 4.78 is 5.60. The monoisotopic (exact) mass is 380 g/mol. The fourth-order valence-corrected chi connectivity index (χ4v) is 2.65. The van der Waals surface area contributed by atoms with Gasteiger partial charge in [0.1, 0.15) is 0 Å². The molecule has 0 aliphatic heterocycles. The van der Waals surface area contributed by atoms with Crippen molar-refractivity contribution in [3.8, 4) is 0 Å². The van der Waals surface area contributed by atoms with Gasteiger partial charge in [-0.05, 0) is 49.8 Å². The van der Waals surface area contributed by atoms with E-state index in [0.717, 1.165) is 37.7 Å². The summed E-state index contributed by atoms with van der Waals surface area (Å²) in [7, 11) is 1.71. The number of carbonyl (C=O) groups is 1. The number of benzene rings is 1. The zero-order valence-corrected chi connectivity index (χ0v) is 16.4. The molecule has 1 saturated carbocycles. The number of nitrogens with zero attached hydrogens (tertiary/aromatic N) is 1. The van der Waals surface area contributed by atoms with Crippen LogP contribution in [0.2, 0.25) is 5.02 Å². The van der Waals surface area contributed by atoms with Crippen LogP contribution in [-0.2, 0) is 9.53 Å². The Bertz CT molecular complexity index is 618. The molecule has 0 aromatic heterocycles. The molecule has 7 heteroatoms. The Morgan fingerprint density at radius 2 is 2.08 bits per heavy atom. The average Bonchev–Trinajstić information content (AvgIpc) is 3.43. The van der Waals surface area contributed by atoms with Gasteiger partial charge in [0.2, 0.25) is 5.91 Å². The number of aryl methyl sites for hydroxylation is 1. The summed E-state index contributed by atoms with van der Waals surface area (Å²) in [6.45, 7) is 4.90. The predicted molar refractivity (Wildman–Crippen MR) is 107 cm³/mol. The molecule has 0 spiro atoms. The van der Waals surface area contributed by atoms with Crippen LogP contribution >= 0.6 is 11.6 Å². The quantitative estimate of drug-likeness (QED) is 0.331. The lowest BCUT2D eigenvalue weighted by molar-refractivity contribution is -0.116. The van der Waals surface area contributed by atoms with Crippen molar-refractivity contribution < 1.29 is 9.53 Å². The highest BCUT2D eigenvalue weighted by molar-refractivity contribution is 6.33. The second-order valence-corrected chi connectivity index (χ2v) is 6.99. The Kier molecular flexibility index (Phi) is 8.71. The Hall–Kier alpha value is -1.79. The third-order valence-electron chi connectivity index (χ3n) is 4.08. The van der Waals surface area contributed by atoms with Crippen LogP contribution in [0.3, 0.4) is 0 Å². The fraction of sp³-hybridized carbons (Fsp3) is 0.579. The Labute approximate surface area is 160 Å². The molecule has 0 unspecified atom stereocenters. The minimum Gasteiger partial charge on any atom is -0.381 e. The lowest BCUT2D eigenvalue weighted by atomic mass is 10.2. The number of nitrogens with one attached hydrogen (secondary N) is 3. The number of aliphatic imine (C=N–C) groups is 1. The zero-order chi connectivity index (χ0) is 18.8. The number of guanidine groups is 1. The molecule has 1 aliphatic rings. The van der Waals surface area contributed by atoms with Gasteiger partial charge in [0.05, 0.1) is 10.7 Å². The third kappa shape index (κ3) is 8.06. The first-order valence-electron chi connectivity index (χ1n) is 9.16. The highest BCUT2D eigenvalue weighted by Crippen LogP contribution is 2.28. The van der Waals surface area contributed by atoms with Gasteiger partial charge in [-0.15, -0.1) is 0 Å². The molecule has 144 valence electrons. The van der Waals surface area contributed by atoms with Crippen LogP contribution in [0.1, 0.15) is 31.2 Å². The van der Waals surface area contributed by atoms with Crippen molar-refractivity contribution in [3.63, 3.8) is 0 Å². The number of carbonyl (C=O) groups excluding carboxylic acids is 1. The molecule has 1 aliphatic carbocycles. The molecule has 1 aromatic carbocycles. The molecule has 0 radical (unpaired) electrons. The van der Waals surface area contributed by atoms with Gasteiger partial charge in [-0.3, -0.25) is 9.79 Å². The Balaban J connectivity index is 1.56. The number of hydrogen-bond donors (Lipinski definition) is 3. The largest absolute Gasteiger partial charge is 0.381 e. The van der Waals surface area contributed by atoms with Crippen molar-refractivity contribution in [1.29, 1.82) is 0 Å². The summed E-state index contributed by atoms with van der Waals surface area (Å²) in [5.41, 5.74) is 1.69. The molecule has 0 saturated heterocycles. The average molecular weight is 381 g/mol. The summed E-state index contributed by atoms with van der Waals surface area (Å²) in [4.78, 5) is 16.2. The van der Waals surface area contributed by atoms with Crippen molar-refractivity contribution in [2.75, 3.05) is 38.7 Å². The van der Waals surface area contributed by atoms with E-state index in [1.54, 1.807) is 7.05 Å². The maximum atomic E-state index is 12.0. The second kappa shape index (κ2) is 11.0. The summed E-state index contributed by atoms with van der Waals surface area (Å²) in [6, 6.07) is 5.56. The number of hydrogen-bond acceptors (Lipinski definition) is 3. The first-order valence-corrected chi connectivity index (χ1v) is 9.54. The smallest absolute Gasteiger partial charge is 0.226 e. The summed E-state index contributed by atoms with van der Waals surface area (Å²) in [6.07, 6.45) is 3.90. The highest BCUT2D eigenvalue weighted by atomic mass is 35.5. The lowest BCUT2D eigenvalue weighted by Crippen LogP contribution is -2.39. The first-order chi connectivity index (χ1) is 12.6. The van der Waals surface area contributed by atoms with E-state index in [4.69, 9.17) is 16.3 Å².